The minimum absolute atomic E-state index is 0.0990. The van der Waals surface area contributed by atoms with Crippen molar-refractivity contribution in [2.45, 2.75) is 6.42 Å². The van der Waals surface area contributed by atoms with Crippen molar-refractivity contribution in [3.05, 3.63) is 29.8 Å². The molecule has 0 amide bonds. The van der Waals surface area contributed by atoms with Gasteiger partial charge in [-0.05, 0) is 17.7 Å². The number of hydrogen-bond acceptors (Lipinski definition) is 3. The summed E-state index contributed by atoms with van der Waals surface area (Å²) in [6.07, 6.45) is 0.0990. The van der Waals surface area contributed by atoms with Crippen LogP contribution in [0.25, 0.3) is 0 Å². The summed E-state index contributed by atoms with van der Waals surface area (Å²) in [5.41, 5.74) is 2.03. The fourth-order valence-electron chi connectivity index (χ4n) is 1.92. The van der Waals surface area contributed by atoms with Gasteiger partial charge in [-0.2, -0.15) is 0 Å². The Kier molecular flexibility index (Phi) is 3.41. The largest absolute Gasteiger partial charge is 0.481 e. The second kappa shape index (κ2) is 4.99. The normalized spacial score (nSPS) is 16.1. The van der Waals surface area contributed by atoms with Crippen LogP contribution >= 0.6 is 0 Å². The van der Waals surface area contributed by atoms with Crippen LogP contribution < -0.4 is 10.2 Å². The Bertz CT molecular complexity index is 356. The molecule has 0 spiro atoms. The van der Waals surface area contributed by atoms with Crippen molar-refractivity contribution in [3.8, 4) is 0 Å². The highest BCUT2D eigenvalue weighted by atomic mass is 16.4. The molecule has 0 saturated carbocycles. The topological polar surface area (TPSA) is 52.6 Å². The second-order valence-electron chi connectivity index (χ2n) is 3.97. The monoisotopic (exact) mass is 220 g/mol. The van der Waals surface area contributed by atoms with E-state index in [2.05, 4.69) is 10.2 Å². The van der Waals surface area contributed by atoms with Crippen molar-refractivity contribution in [1.29, 1.82) is 0 Å². The van der Waals surface area contributed by atoms with Gasteiger partial charge in [-0.3, -0.25) is 4.79 Å². The minimum Gasteiger partial charge on any atom is -0.481 e. The van der Waals surface area contributed by atoms with E-state index in [1.54, 1.807) is 0 Å². The first kappa shape index (κ1) is 11.0. The van der Waals surface area contributed by atoms with Crippen molar-refractivity contribution in [1.82, 2.24) is 5.32 Å². The molecule has 1 aromatic carbocycles. The number of benzene rings is 1. The molecule has 1 saturated heterocycles. The van der Waals surface area contributed by atoms with Gasteiger partial charge in [0.2, 0.25) is 0 Å². The quantitative estimate of drug-likeness (QED) is 0.788. The summed E-state index contributed by atoms with van der Waals surface area (Å²) in [6.45, 7) is 4.05. The van der Waals surface area contributed by atoms with E-state index in [9.17, 15) is 4.79 Å². The Hall–Kier alpha value is -1.55. The van der Waals surface area contributed by atoms with E-state index < -0.39 is 5.97 Å². The number of carbonyl (C=O) groups is 1. The number of piperazine rings is 1. The highest BCUT2D eigenvalue weighted by molar-refractivity contribution is 5.70. The van der Waals surface area contributed by atoms with E-state index in [-0.39, 0.29) is 6.42 Å². The molecule has 2 rings (SSSR count). The van der Waals surface area contributed by atoms with Crippen LogP contribution in [0.3, 0.4) is 0 Å². The Balaban J connectivity index is 2.03. The first-order chi connectivity index (χ1) is 7.75. The van der Waals surface area contributed by atoms with Gasteiger partial charge in [-0.15, -0.1) is 0 Å². The molecule has 0 aromatic heterocycles. The zero-order valence-electron chi connectivity index (χ0n) is 9.15. The van der Waals surface area contributed by atoms with Gasteiger partial charge in [0, 0.05) is 31.9 Å². The summed E-state index contributed by atoms with van der Waals surface area (Å²) >= 11 is 0. The number of anilines is 1. The van der Waals surface area contributed by atoms with Gasteiger partial charge in [0.1, 0.15) is 0 Å². The summed E-state index contributed by atoms with van der Waals surface area (Å²) < 4.78 is 0. The van der Waals surface area contributed by atoms with Crippen LogP contribution in [0.4, 0.5) is 5.69 Å². The third-order valence-corrected chi connectivity index (χ3v) is 2.77. The van der Waals surface area contributed by atoms with E-state index in [1.165, 1.54) is 5.69 Å². The molecule has 0 bridgehead atoms. The lowest BCUT2D eigenvalue weighted by atomic mass is 10.1. The number of rotatable bonds is 3. The van der Waals surface area contributed by atoms with E-state index in [0.29, 0.717) is 0 Å². The molecule has 1 aliphatic heterocycles. The predicted octanol–water partition coefficient (Wildman–Crippen LogP) is 0.723. The van der Waals surface area contributed by atoms with Crippen LogP contribution in [0, 0.1) is 0 Å². The predicted molar refractivity (Wildman–Crippen MR) is 62.9 cm³/mol. The molecule has 0 aliphatic carbocycles. The third kappa shape index (κ3) is 2.73. The van der Waals surface area contributed by atoms with Gasteiger partial charge in [-0.1, -0.05) is 12.1 Å². The van der Waals surface area contributed by atoms with Crippen LogP contribution in [0.1, 0.15) is 5.56 Å². The van der Waals surface area contributed by atoms with Gasteiger partial charge < -0.3 is 15.3 Å². The van der Waals surface area contributed by atoms with Gasteiger partial charge in [0.15, 0.2) is 0 Å². The first-order valence-electron chi connectivity index (χ1n) is 5.52. The molecule has 1 fully saturated rings. The van der Waals surface area contributed by atoms with Crippen molar-refractivity contribution in [2.24, 2.45) is 0 Å². The van der Waals surface area contributed by atoms with Crippen LogP contribution in [-0.4, -0.2) is 37.3 Å². The van der Waals surface area contributed by atoms with Crippen LogP contribution in [0.5, 0.6) is 0 Å². The van der Waals surface area contributed by atoms with Gasteiger partial charge in [-0.25, -0.2) is 0 Å². The fraction of sp³-hybridized carbons (Fsp3) is 0.417. The molecular formula is C12H16N2O2. The van der Waals surface area contributed by atoms with Crippen LogP contribution in [0.15, 0.2) is 24.3 Å². The fourth-order valence-corrected chi connectivity index (χ4v) is 1.92. The molecule has 86 valence electrons. The minimum atomic E-state index is -0.782. The summed E-state index contributed by atoms with van der Waals surface area (Å²) in [4.78, 5) is 12.8. The van der Waals surface area contributed by atoms with Crippen molar-refractivity contribution < 1.29 is 9.90 Å². The summed E-state index contributed by atoms with van der Waals surface area (Å²) in [5, 5.41) is 12.0. The summed E-state index contributed by atoms with van der Waals surface area (Å²) in [7, 11) is 0. The molecule has 4 heteroatoms. The molecule has 1 aliphatic rings. The number of nitrogens with one attached hydrogen (secondary N) is 1. The molecule has 1 heterocycles. The number of aliphatic carboxylic acids is 1. The van der Waals surface area contributed by atoms with Crippen molar-refractivity contribution in [2.75, 3.05) is 31.1 Å². The highest BCUT2D eigenvalue weighted by Gasteiger charge is 2.10. The number of carboxylic acid groups (broad SMARTS) is 1. The number of carboxylic acids is 1. The van der Waals surface area contributed by atoms with Gasteiger partial charge in [0.05, 0.1) is 6.42 Å². The van der Waals surface area contributed by atoms with Gasteiger partial charge in [0.25, 0.3) is 0 Å². The SMILES string of the molecule is O=C(O)Cc1ccc(N2CCNCC2)cc1. The molecule has 2 N–H and O–H groups in total. The maximum atomic E-state index is 10.5. The first-order valence-corrected chi connectivity index (χ1v) is 5.52. The molecule has 16 heavy (non-hydrogen) atoms. The van der Waals surface area contributed by atoms with Crippen LogP contribution in [-0.2, 0) is 11.2 Å². The van der Waals surface area contributed by atoms with E-state index in [4.69, 9.17) is 5.11 Å². The Labute approximate surface area is 94.9 Å². The summed E-state index contributed by atoms with van der Waals surface area (Å²) in [6, 6.07) is 7.80. The maximum absolute atomic E-state index is 10.5. The van der Waals surface area contributed by atoms with E-state index >= 15 is 0 Å². The van der Waals surface area contributed by atoms with E-state index in [1.807, 2.05) is 24.3 Å². The molecule has 0 unspecified atom stereocenters. The Morgan fingerprint density at radius 1 is 1.25 bits per heavy atom. The average molecular weight is 220 g/mol. The number of nitrogens with zero attached hydrogens (tertiary/aromatic N) is 1. The smallest absolute Gasteiger partial charge is 0.307 e. The molecule has 0 atom stereocenters. The average Bonchev–Trinajstić information content (AvgIpc) is 2.30. The lowest BCUT2D eigenvalue weighted by Crippen LogP contribution is -2.43. The van der Waals surface area contributed by atoms with E-state index in [0.717, 1.165) is 31.7 Å². The molecule has 0 radical (unpaired) electrons. The zero-order valence-corrected chi connectivity index (χ0v) is 9.15. The van der Waals surface area contributed by atoms with Crippen molar-refractivity contribution >= 4 is 11.7 Å². The second-order valence-corrected chi connectivity index (χ2v) is 3.97. The highest BCUT2D eigenvalue weighted by Crippen LogP contribution is 2.15. The lowest BCUT2D eigenvalue weighted by molar-refractivity contribution is -0.136. The molecule has 4 nitrogen and oxygen atoms in total. The number of hydrogen-bond donors (Lipinski definition) is 2. The molecule has 1 aromatic rings. The van der Waals surface area contributed by atoms with Gasteiger partial charge >= 0.3 is 5.97 Å². The lowest BCUT2D eigenvalue weighted by Gasteiger charge is -2.29. The third-order valence-electron chi connectivity index (χ3n) is 2.77. The Morgan fingerprint density at radius 3 is 2.44 bits per heavy atom. The summed E-state index contributed by atoms with van der Waals surface area (Å²) in [5.74, 6) is -0.782. The van der Waals surface area contributed by atoms with Crippen LogP contribution in [0.2, 0.25) is 0 Å². The molecular weight excluding hydrogens is 204 g/mol. The standard InChI is InChI=1S/C12H16N2O2/c15-12(16)9-10-1-3-11(4-2-10)14-7-5-13-6-8-14/h1-4,13H,5-9H2,(H,15,16). The maximum Gasteiger partial charge on any atom is 0.307 e. The van der Waals surface area contributed by atoms with Crippen molar-refractivity contribution in [3.63, 3.8) is 0 Å². The zero-order chi connectivity index (χ0) is 11.4. The Morgan fingerprint density at radius 2 is 1.88 bits per heavy atom.